The summed E-state index contributed by atoms with van der Waals surface area (Å²) in [4.78, 5) is 21.1. The Morgan fingerprint density at radius 1 is 1.22 bits per heavy atom. The third-order valence-corrected chi connectivity index (χ3v) is 5.47. The Hall–Kier alpha value is -2.73. The van der Waals surface area contributed by atoms with Gasteiger partial charge in [0, 0.05) is 29.7 Å². The Labute approximate surface area is 162 Å². The fourth-order valence-electron chi connectivity index (χ4n) is 3.39. The number of H-pyrrole nitrogens is 1. The highest BCUT2D eigenvalue weighted by molar-refractivity contribution is 7.98. The minimum Gasteiger partial charge on any atom is -0.351 e. The molecule has 0 aliphatic heterocycles. The van der Waals surface area contributed by atoms with Gasteiger partial charge in [0.15, 0.2) is 0 Å². The van der Waals surface area contributed by atoms with Gasteiger partial charge in [-0.25, -0.2) is 4.98 Å². The number of benzene rings is 2. The third kappa shape index (κ3) is 3.45. The zero-order chi connectivity index (χ0) is 18.8. The molecule has 2 N–H and O–H groups in total. The number of carbonyl (C=O) groups excluding carboxylic acids is 1. The van der Waals surface area contributed by atoms with Crippen LogP contribution in [0.15, 0.2) is 54.7 Å². The molecule has 0 fully saturated rings. The molecule has 27 heavy (non-hydrogen) atoms. The number of amides is 1. The molecule has 0 spiro atoms. The molecule has 0 radical (unpaired) electrons. The number of rotatable bonds is 6. The van der Waals surface area contributed by atoms with Crippen molar-refractivity contribution in [2.24, 2.45) is 7.05 Å². The number of aromatic nitrogens is 3. The van der Waals surface area contributed by atoms with Gasteiger partial charge in [-0.1, -0.05) is 18.2 Å². The van der Waals surface area contributed by atoms with E-state index < -0.39 is 0 Å². The highest BCUT2D eigenvalue weighted by Gasteiger charge is 2.20. The molecule has 6 heteroatoms. The number of hydrogen-bond donors (Lipinski definition) is 2. The van der Waals surface area contributed by atoms with Gasteiger partial charge in [0.25, 0.3) is 5.91 Å². The van der Waals surface area contributed by atoms with E-state index in [2.05, 4.69) is 16.6 Å². The van der Waals surface area contributed by atoms with Crippen LogP contribution in [0.3, 0.4) is 0 Å². The molecule has 0 saturated heterocycles. The minimum absolute atomic E-state index is 0.0710. The van der Waals surface area contributed by atoms with Crippen LogP contribution in [0.25, 0.3) is 21.9 Å². The molecule has 2 heterocycles. The zero-order valence-electron chi connectivity index (χ0n) is 15.4. The van der Waals surface area contributed by atoms with E-state index in [1.807, 2.05) is 66.3 Å². The second-order valence-electron chi connectivity index (χ2n) is 6.61. The Morgan fingerprint density at radius 3 is 2.89 bits per heavy atom. The fourth-order valence-corrected chi connectivity index (χ4v) is 3.86. The zero-order valence-corrected chi connectivity index (χ0v) is 16.2. The van der Waals surface area contributed by atoms with E-state index in [4.69, 9.17) is 4.98 Å². The topological polar surface area (TPSA) is 62.7 Å². The van der Waals surface area contributed by atoms with Gasteiger partial charge < -0.3 is 14.9 Å². The summed E-state index contributed by atoms with van der Waals surface area (Å²) in [5.41, 5.74) is 3.65. The molecular weight excluding hydrogens is 356 g/mol. The Bertz CT molecular complexity index is 1060. The summed E-state index contributed by atoms with van der Waals surface area (Å²) in [6, 6.07) is 15.6. The van der Waals surface area contributed by atoms with Gasteiger partial charge in [-0.2, -0.15) is 11.8 Å². The molecule has 1 atom stereocenters. The molecule has 2 aromatic heterocycles. The smallest absolute Gasteiger partial charge is 0.252 e. The van der Waals surface area contributed by atoms with E-state index in [1.54, 1.807) is 11.8 Å². The molecule has 4 rings (SSSR count). The van der Waals surface area contributed by atoms with Crippen LogP contribution in [0.5, 0.6) is 0 Å². The second-order valence-corrected chi connectivity index (χ2v) is 7.60. The average molecular weight is 379 g/mol. The summed E-state index contributed by atoms with van der Waals surface area (Å²) in [6.07, 6.45) is 4.87. The first-order chi connectivity index (χ1) is 13.2. The number of fused-ring (bicyclic) bond motifs is 2. The predicted octanol–water partition coefficient (Wildman–Crippen LogP) is 4.28. The number of aryl methyl sites for hydroxylation is 1. The lowest BCUT2D eigenvalue weighted by Gasteiger charge is -2.17. The SMILES string of the molecule is CSCC[C@H](NC(=O)c1cccc2c1ccn2C)c1nc2ccccc2[nH]1. The van der Waals surface area contributed by atoms with Gasteiger partial charge >= 0.3 is 0 Å². The summed E-state index contributed by atoms with van der Waals surface area (Å²) >= 11 is 1.76. The first kappa shape index (κ1) is 17.7. The minimum atomic E-state index is -0.156. The normalized spacial score (nSPS) is 12.5. The van der Waals surface area contributed by atoms with Crippen LogP contribution >= 0.6 is 11.8 Å². The van der Waals surface area contributed by atoms with Gasteiger partial charge in [-0.05, 0) is 48.8 Å². The van der Waals surface area contributed by atoms with Crippen molar-refractivity contribution < 1.29 is 4.79 Å². The van der Waals surface area contributed by atoms with Gasteiger partial charge in [0.05, 0.1) is 17.1 Å². The molecule has 0 aliphatic rings. The highest BCUT2D eigenvalue weighted by Crippen LogP contribution is 2.23. The predicted molar refractivity (Wildman–Crippen MR) is 112 cm³/mol. The van der Waals surface area contributed by atoms with Crippen LogP contribution in [-0.4, -0.2) is 32.5 Å². The number of carbonyl (C=O) groups is 1. The molecule has 2 aromatic carbocycles. The lowest BCUT2D eigenvalue weighted by Crippen LogP contribution is -2.30. The molecule has 0 aliphatic carbocycles. The largest absolute Gasteiger partial charge is 0.351 e. The van der Waals surface area contributed by atoms with Crippen molar-refractivity contribution in [1.82, 2.24) is 19.9 Å². The summed E-state index contributed by atoms with van der Waals surface area (Å²) in [7, 11) is 1.99. The van der Waals surface area contributed by atoms with Crippen molar-refractivity contribution in [2.75, 3.05) is 12.0 Å². The summed E-state index contributed by atoms with van der Waals surface area (Å²) in [6.45, 7) is 0. The quantitative estimate of drug-likeness (QED) is 0.526. The fraction of sp³-hybridized carbons (Fsp3) is 0.238. The summed E-state index contributed by atoms with van der Waals surface area (Å²) < 4.78 is 2.02. The van der Waals surface area contributed by atoms with Crippen LogP contribution < -0.4 is 5.32 Å². The molecule has 0 bridgehead atoms. The number of hydrogen-bond acceptors (Lipinski definition) is 3. The Balaban J connectivity index is 1.65. The maximum Gasteiger partial charge on any atom is 0.252 e. The maximum atomic E-state index is 13.1. The molecule has 4 aromatic rings. The van der Waals surface area contributed by atoms with E-state index in [9.17, 15) is 4.79 Å². The number of imidazole rings is 1. The molecule has 0 unspecified atom stereocenters. The molecular formula is C21H22N4OS. The van der Waals surface area contributed by atoms with Gasteiger partial charge in [-0.3, -0.25) is 4.79 Å². The van der Waals surface area contributed by atoms with Crippen molar-refractivity contribution in [3.05, 3.63) is 66.1 Å². The Kier molecular flexibility index (Phi) is 4.90. The van der Waals surface area contributed by atoms with Crippen LogP contribution in [0.4, 0.5) is 0 Å². The number of aromatic amines is 1. The standard InChI is InChI=1S/C21H22N4OS/c1-25-12-10-14-15(6-5-9-19(14)25)21(26)24-18(11-13-27-2)20-22-16-7-3-4-8-17(16)23-20/h3-10,12,18H,11,13H2,1-2H3,(H,22,23)(H,24,26)/t18-/m0/s1. The number of nitrogens with one attached hydrogen (secondary N) is 2. The second kappa shape index (κ2) is 7.48. The van der Waals surface area contributed by atoms with Crippen molar-refractivity contribution in [3.8, 4) is 0 Å². The van der Waals surface area contributed by atoms with Crippen molar-refractivity contribution in [1.29, 1.82) is 0 Å². The van der Waals surface area contributed by atoms with Crippen molar-refractivity contribution >= 4 is 39.6 Å². The van der Waals surface area contributed by atoms with Crippen LogP contribution in [0, 0.1) is 0 Å². The first-order valence-corrected chi connectivity index (χ1v) is 10.4. The van der Waals surface area contributed by atoms with E-state index >= 15 is 0 Å². The van der Waals surface area contributed by atoms with Crippen LogP contribution in [-0.2, 0) is 7.05 Å². The summed E-state index contributed by atoms with van der Waals surface area (Å²) in [5, 5.41) is 4.16. The van der Waals surface area contributed by atoms with E-state index in [0.29, 0.717) is 5.56 Å². The Morgan fingerprint density at radius 2 is 2.07 bits per heavy atom. The van der Waals surface area contributed by atoms with Crippen LogP contribution in [0.1, 0.15) is 28.6 Å². The van der Waals surface area contributed by atoms with E-state index in [1.165, 1.54) is 0 Å². The number of nitrogens with zero attached hydrogens (tertiary/aromatic N) is 2. The molecule has 0 saturated carbocycles. The van der Waals surface area contributed by atoms with Crippen LogP contribution in [0.2, 0.25) is 0 Å². The lowest BCUT2D eigenvalue weighted by molar-refractivity contribution is 0.0936. The lowest BCUT2D eigenvalue weighted by atomic mass is 10.1. The van der Waals surface area contributed by atoms with Crippen molar-refractivity contribution in [2.45, 2.75) is 12.5 Å². The third-order valence-electron chi connectivity index (χ3n) is 4.83. The maximum absolute atomic E-state index is 13.1. The van der Waals surface area contributed by atoms with Gasteiger partial charge in [-0.15, -0.1) is 0 Å². The number of thioether (sulfide) groups is 1. The van der Waals surface area contributed by atoms with Gasteiger partial charge in [0.1, 0.15) is 5.82 Å². The molecule has 138 valence electrons. The van der Waals surface area contributed by atoms with Gasteiger partial charge in [0.2, 0.25) is 0 Å². The average Bonchev–Trinajstić information content (AvgIpc) is 3.28. The van der Waals surface area contributed by atoms with Crippen molar-refractivity contribution in [3.63, 3.8) is 0 Å². The summed E-state index contributed by atoms with van der Waals surface area (Å²) in [5.74, 6) is 1.68. The monoisotopic (exact) mass is 378 g/mol. The highest BCUT2D eigenvalue weighted by atomic mass is 32.2. The molecule has 1 amide bonds. The van der Waals surface area contributed by atoms with E-state index in [-0.39, 0.29) is 11.9 Å². The van der Waals surface area contributed by atoms with E-state index in [0.717, 1.165) is 39.9 Å². The number of para-hydroxylation sites is 2. The molecule has 5 nitrogen and oxygen atoms in total. The first-order valence-electron chi connectivity index (χ1n) is 8.96.